The minimum absolute atomic E-state index is 0.338. The number of aromatic nitrogens is 4. The van der Waals surface area contributed by atoms with Crippen LogP contribution in [0, 0.1) is 5.82 Å². The monoisotopic (exact) mass is 414 g/mol. The lowest BCUT2D eigenvalue weighted by Crippen LogP contribution is -2.29. The Bertz CT molecular complexity index is 1100. The number of nitrogens with zero attached hydrogens (tertiary/aromatic N) is 4. The number of halogens is 2. The fourth-order valence-corrected chi connectivity index (χ4v) is 3.03. The molecule has 0 saturated carbocycles. The number of benzene rings is 1. The van der Waals surface area contributed by atoms with Gasteiger partial charge in [0.05, 0.1) is 16.4 Å². The second-order valence-corrected chi connectivity index (χ2v) is 6.53. The van der Waals surface area contributed by atoms with Crippen LogP contribution in [0.15, 0.2) is 65.5 Å². The first kappa shape index (κ1) is 16.5. The molecule has 130 valence electrons. The van der Waals surface area contributed by atoms with Gasteiger partial charge in [0.15, 0.2) is 5.65 Å². The fraction of sp³-hybridized carbons (Fsp3) is 0.0556. The SMILES string of the molecule is O[n+]1cccc(CNc2cc(-c3ccccc3F)nc3c(Br)cnn23)c1. The molecule has 0 unspecified atom stereocenters. The zero-order valence-corrected chi connectivity index (χ0v) is 15.1. The van der Waals surface area contributed by atoms with Crippen molar-refractivity contribution in [2.75, 3.05) is 5.32 Å². The highest BCUT2D eigenvalue weighted by Crippen LogP contribution is 2.27. The highest BCUT2D eigenvalue weighted by atomic mass is 79.9. The fourth-order valence-electron chi connectivity index (χ4n) is 2.68. The Hall–Kier alpha value is -3.00. The van der Waals surface area contributed by atoms with Crippen LogP contribution in [0.4, 0.5) is 10.2 Å². The summed E-state index contributed by atoms with van der Waals surface area (Å²) < 4.78 is 17.6. The van der Waals surface area contributed by atoms with Gasteiger partial charge in [-0.15, -0.1) is 0 Å². The van der Waals surface area contributed by atoms with Crippen molar-refractivity contribution < 1.29 is 14.3 Å². The van der Waals surface area contributed by atoms with Gasteiger partial charge in [0, 0.05) is 34.5 Å². The van der Waals surface area contributed by atoms with Crippen LogP contribution < -0.4 is 10.0 Å². The van der Waals surface area contributed by atoms with E-state index in [9.17, 15) is 9.60 Å². The van der Waals surface area contributed by atoms with E-state index >= 15 is 0 Å². The zero-order valence-electron chi connectivity index (χ0n) is 13.5. The maximum atomic E-state index is 14.2. The molecular formula is C18H14BrFN5O+. The second-order valence-electron chi connectivity index (χ2n) is 5.68. The number of hydrogen-bond donors (Lipinski definition) is 2. The molecule has 0 radical (unpaired) electrons. The molecule has 0 fully saturated rings. The summed E-state index contributed by atoms with van der Waals surface area (Å²) in [6, 6.07) is 11.9. The quantitative estimate of drug-likeness (QED) is 0.396. The van der Waals surface area contributed by atoms with Crippen LogP contribution in [0.1, 0.15) is 5.56 Å². The van der Waals surface area contributed by atoms with Crippen LogP contribution in [0.2, 0.25) is 0 Å². The number of pyridine rings is 1. The molecule has 0 atom stereocenters. The van der Waals surface area contributed by atoms with Gasteiger partial charge in [0.2, 0.25) is 12.4 Å². The van der Waals surface area contributed by atoms with Crippen LogP contribution in [0.25, 0.3) is 16.9 Å². The molecule has 26 heavy (non-hydrogen) atoms. The molecule has 0 bridgehead atoms. The zero-order chi connectivity index (χ0) is 18.1. The summed E-state index contributed by atoms with van der Waals surface area (Å²) in [5.41, 5.74) is 2.38. The molecule has 0 aliphatic rings. The second kappa shape index (κ2) is 6.72. The summed E-state index contributed by atoms with van der Waals surface area (Å²) in [6.45, 7) is 0.453. The number of anilines is 1. The van der Waals surface area contributed by atoms with E-state index < -0.39 is 0 Å². The van der Waals surface area contributed by atoms with Gasteiger partial charge >= 0.3 is 0 Å². The highest BCUT2D eigenvalue weighted by Gasteiger charge is 2.14. The Labute approximate surface area is 156 Å². The van der Waals surface area contributed by atoms with E-state index in [1.807, 2.05) is 6.07 Å². The Morgan fingerprint density at radius 3 is 2.88 bits per heavy atom. The molecule has 2 N–H and O–H groups in total. The van der Waals surface area contributed by atoms with Gasteiger partial charge < -0.3 is 5.32 Å². The van der Waals surface area contributed by atoms with E-state index in [0.29, 0.717) is 33.7 Å². The third kappa shape index (κ3) is 3.11. The molecule has 8 heteroatoms. The molecule has 3 aromatic heterocycles. The molecule has 4 rings (SSSR count). The van der Waals surface area contributed by atoms with Crippen molar-refractivity contribution in [2.24, 2.45) is 0 Å². The summed E-state index contributed by atoms with van der Waals surface area (Å²) in [6.07, 6.45) is 4.78. The van der Waals surface area contributed by atoms with Gasteiger partial charge in [0.25, 0.3) is 0 Å². The number of nitrogens with one attached hydrogen (secondary N) is 1. The largest absolute Gasteiger partial charge is 0.366 e. The summed E-state index contributed by atoms with van der Waals surface area (Å²) in [7, 11) is 0. The Morgan fingerprint density at radius 2 is 2.08 bits per heavy atom. The number of hydrogen-bond acceptors (Lipinski definition) is 4. The molecular weight excluding hydrogens is 401 g/mol. The molecule has 3 heterocycles. The van der Waals surface area contributed by atoms with Crippen LogP contribution >= 0.6 is 15.9 Å². The molecule has 0 amide bonds. The molecule has 0 aliphatic carbocycles. The van der Waals surface area contributed by atoms with Gasteiger partial charge in [0.1, 0.15) is 11.6 Å². The van der Waals surface area contributed by atoms with Gasteiger partial charge in [-0.2, -0.15) is 9.61 Å². The van der Waals surface area contributed by atoms with E-state index in [-0.39, 0.29) is 5.82 Å². The topological polar surface area (TPSA) is 66.3 Å². The standard InChI is InChI=1S/C18H14BrFN5O/c19-14-10-22-25-17(21-9-12-4-3-7-24(26)11-12)8-16(23-18(14)25)13-5-1-2-6-15(13)20/h1-8,10-11,21,26H,9H2/q+1. The molecule has 0 aliphatic heterocycles. The predicted molar refractivity (Wildman–Crippen MR) is 97.2 cm³/mol. The van der Waals surface area contributed by atoms with Crippen LogP contribution in [-0.4, -0.2) is 19.8 Å². The van der Waals surface area contributed by atoms with E-state index in [1.54, 1.807) is 47.2 Å². The van der Waals surface area contributed by atoms with Gasteiger partial charge in [-0.25, -0.2) is 9.37 Å². The third-order valence-electron chi connectivity index (χ3n) is 3.90. The van der Waals surface area contributed by atoms with Gasteiger partial charge in [-0.05, 0) is 34.1 Å². The molecule has 0 saturated heterocycles. The summed E-state index contributed by atoms with van der Waals surface area (Å²) in [5, 5.41) is 17.1. The van der Waals surface area contributed by atoms with Gasteiger partial charge in [-0.1, -0.05) is 12.1 Å². The first-order valence-corrected chi connectivity index (χ1v) is 8.63. The molecule has 0 spiro atoms. The van der Waals surface area contributed by atoms with Crippen molar-refractivity contribution in [1.82, 2.24) is 14.6 Å². The first-order chi connectivity index (χ1) is 12.6. The predicted octanol–water partition coefficient (Wildman–Crippen LogP) is 3.43. The number of fused-ring (bicyclic) bond motifs is 1. The minimum atomic E-state index is -0.338. The Morgan fingerprint density at radius 1 is 1.23 bits per heavy atom. The van der Waals surface area contributed by atoms with E-state index in [0.717, 1.165) is 10.3 Å². The maximum absolute atomic E-state index is 14.2. The van der Waals surface area contributed by atoms with Gasteiger partial charge in [-0.3, -0.25) is 5.21 Å². The average molecular weight is 415 g/mol. The molecule has 6 nitrogen and oxygen atoms in total. The summed E-state index contributed by atoms with van der Waals surface area (Å²) in [5.74, 6) is 0.322. The van der Waals surface area contributed by atoms with E-state index in [1.165, 1.54) is 12.3 Å². The third-order valence-corrected chi connectivity index (χ3v) is 4.46. The average Bonchev–Trinajstić information content (AvgIpc) is 3.01. The minimum Gasteiger partial charge on any atom is -0.366 e. The lowest BCUT2D eigenvalue weighted by atomic mass is 10.1. The van der Waals surface area contributed by atoms with E-state index in [4.69, 9.17) is 0 Å². The number of rotatable bonds is 4. The normalized spacial score (nSPS) is 11.0. The smallest absolute Gasteiger partial charge is 0.227 e. The van der Waals surface area contributed by atoms with Crippen molar-refractivity contribution in [2.45, 2.75) is 6.54 Å². The molecule has 4 aromatic rings. The van der Waals surface area contributed by atoms with Crippen LogP contribution in [-0.2, 0) is 6.54 Å². The first-order valence-electron chi connectivity index (χ1n) is 7.84. The lowest BCUT2D eigenvalue weighted by molar-refractivity contribution is -0.905. The maximum Gasteiger partial charge on any atom is 0.227 e. The van der Waals surface area contributed by atoms with Crippen molar-refractivity contribution >= 4 is 27.4 Å². The van der Waals surface area contributed by atoms with Crippen molar-refractivity contribution in [3.8, 4) is 11.3 Å². The lowest BCUT2D eigenvalue weighted by Gasteiger charge is -2.11. The Balaban J connectivity index is 1.77. The van der Waals surface area contributed by atoms with E-state index in [2.05, 4.69) is 31.3 Å². The highest BCUT2D eigenvalue weighted by molar-refractivity contribution is 9.10. The van der Waals surface area contributed by atoms with Crippen molar-refractivity contribution in [3.63, 3.8) is 0 Å². The summed E-state index contributed by atoms with van der Waals surface area (Å²) in [4.78, 5) is 4.53. The van der Waals surface area contributed by atoms with Crippen molar-refractivity contribution in [1.29, 1.82) is 0 Å². The van der Waals surface area contributed by atoms with Crippen LogP contribution in [0.3, 0.4) is 0 Å². The van der Waals surface area contributed by atoms with Crippen molar-refractivity contribution in [3.05, 3.63) is 76.9 Å². The Kier molecular flexibility index (Phi) is 4.26. The van der Waals surface area contributed by atoms with Crippen LogP contribution in [0.5, 0.6) is 0 Å². The molecule has 1 aromatic carbocycles. The summed E-state index contributed by atoms with van der Waals surface area (Å²) >= 11 is 3.43.